The van der Waals surface area contributed by atoms with Crippen molar-refractivity contribution in [2.75, 3.05) is 33.5 Å². The van der Waals surface area contributed by atoms with Gasteiger partial charge >= 0.3 is 0 Å². The Morgan fingerprint density at radius 1 is 1.39 bits per heavy atom. The number of rotatable bonds is 6. The monoisotopic (exact) mass is 257 g/mol. The fourth-order valence-corrected chi connectivity index (χ4v) is 2.99. The van der Waals surface area contributed by atoms with Gasteiger partial charge in [-0.25, -0.2) is 0 Å². The summed E-state index contributed by atoms with van der Waals surface area (Å²) < 4.78 is 16.8. The quantitative estimate of drug-likeness (QED) is 0.784. The maximum absolute atomic E-state index is 5.75. The molecular weight excluding hydrogens is 230 g/mol. The van der Waals surface area contributed by atoms with E-state index in [1.54, 1.807) is 7.11 Å². The van der Waals surface area contributed by atoms with Gasteiger partial charge in [0, 0.05) is 44.7 Å². The highest BCUT2D eigenvalue weighted by Crippen LogP contribution is 2.43. The third kappa shape index (κ3) is 2.57. The van der Waals surface area contributed by atoms with Gasteiger partial charge in [-0.15, -0.1) is 0 Å². The summed E-state index contributed by atoms with van der Waals surface area (Å²) >= 11 is 0. The molecule has 0 aromatic carbocycles. The predicted molar refractivity (Wildman–Crippen MR) is 70.8 cm³/mol. The van der Waals surface area contributed by atoms with Gasteiger partial charge in [-0.05, 0) is 13.3 Å². The van der Waals surface area contributed by atoms with E-state index in [0.717, 1.165) is 32.6 Å². The summed E-state index contributed by atoms with van der Waals surface area (Å²) in [6.45, 7) is 9.81. The molecule has 0 spiro atoms. The minimum atomic E-state index is -0.118. The number of nitrogens with one attached hydrogen (secondary N) is 1. The lowest BCUT2D eigenvalue weighted by molar-refractivity contribution is -0.119. The minimum absolute atomic E-state index is 0.118. The van der Waals surface area contributed by atoms with Crippen LogP contribution in [0, 0.1) is 5.41 Å². The van der Waals surface area contributed by atoms with Crippen LogP contribution in [0.3, 0.4) is 0 Å². The molecule has 0 bridgehead atoms. The lowest BCUT2D eigenvalue weighted by atomic mass is 9.64. The Morgan fingerprint density at radius 3 is 2.67 bits per heavy atom. The van der Waals surface area contributed by atoms with Crippen molar-refractivity contribution in [3.63, 3.8) is 0 Å². The van der Waals surface area contributed by atoms with E-state index in [1.807, 2.05) is 0 Å². The van der Waals surface area contributed by atoms with E-state index in [2.05, 4.69) is 26.1 Å². The third-order valence-electron chi connectivity index (χ3n) is 4.72. The second-order valence-corrected chi connectivity index (χ2v) is 6.12. The van der Waals surface area contributed by atoms with E-state index in [9.17, 15) is 0 Å². The van der Waals surface area contributed by atoms with Crippen molar-refractivity contribution in [2.45, 2.75) is 51.4 Å². The van der Waals surface area contributed by atoms with Gasteiger partial charge in [0.1, 0.15) is 5.60 Å². The molecule has 2 aliphatic rings. The summed E-state index contributed by atoms with van der Waals surface area (Å²) in [5.74, 6) is 0. The third-order valence-corrected chi connectivity index (χ3v) is 4.72. The molecule has 4 heteroatoms. The topological polar surface area (TPSA) is 39.7 Å². The number of ether oxygens (including phenoxy) is 3. The van der Waals surface area contributed by atoms with Crippen LogP contribution in [0.15, 0.2) is 0 Å². The molecule has 1 N–H and O–H groups in total. The number of hydrogen-bond donors (Lipinski definition) is 1. The number of hydrogen-bond acceptors (Lipinski definition) is 4. The molecule has 18 heavy (non-hydrogen) atoms. The summed E-state index contributed by atoms with van der Waals surface area (Å²) in [7, 11) is 1.78. The van der Waals surface area contributed by atoms with Crippen LogP contribution in [-0.2, 0) is 14.2 Å². The number of methoxy groups -OCH3 is 1. The van der Waals surface area contributed by atoms with Crippen molar-refractivity contribution in [3.05, 3.63) is 0 Å². The summed E-state index contributed by atoms with van der Waals surface area (Å²) in [5, 5.41) is 3.65. The highest BCUT2D eigenvalue weighted by atomic mass is 16.5. The Hall–Kier alpha value is -0.160. The molecule has 2 fully saturated rings. The van der Waals surface area contributed by atoms with Crippen LogP contribution in [0.5, 0.6) is 0 Å². The van der Waals surface area contributed by atoms with Crippen molar-refractivity contribution >= 4 is 0 Å². The lowest BCUT2D eigenvalue weighted by Crippen LogP contribution is -2.63. The Bertz CT molecular complexity index is 274. The van der Waals surface area contributed by atoms with Crippen LogP contribution in [-0.4, -0.2) is 51.2 Å². The van der Waals surface area contributed by atoms with E-state index in [0.29, 0.717) is 18.8 Å². The Morgan fingerprint density at radius 2 is 2.17 bits per heavy atom. The first-order chi connectivity index (χ1) is 8.54. The zero-order valence-electron chi connectivity index (χ0n) is 12.1. The predicted octanol–water partition coefficient (Wildman–Crippen LogP) is 1.59. The SMILES string of the molecule is CCOC1CC(NCC2(OC)CCOC2)C1(C)C. The van der Waals surface area contributed by atoms with E-state index in [-0.39, 0.29) is 11.0 Å². The van der Waals surface area contributed by atoms with Crippen LogP contribution >= 0.6 is 0 Å². The van der Waals surface area contributed by atoms with Gasteiger partial charge in [-0.2, -0.15) is 0 Å². The smallest absolute Gasteiger partial charge is 0.106 e. The summed E-state index contributed by atoms with van der Waals surface area (Å²) in [4.78, 5) is 0. The maximum atomic E-state index is 5.75. The minimum Gasteiger partial charge on any atom is -0.378 e. The van der Waals surface area contributed by atoms with Crippen molar-refractivity contribution in [1.29, 1.82) is 0 Å². The van der Waals surface area contributed by atoms with Gasteiger partial charge in [0.2, 0.25) is 0 Å². The lowest BCUT2D eigenvalue weighted by Gasteiger charge is -2.52. The first-order valence-corrected chi connectivity index (χ1v) is 7.02. The molecule has 1 aliphatic heterocycles. The first kappa shape index (κ1) is 14.3. The van der Waals surface area contributed by atoms with Crippen molar-refractivity contribution in [3.8, 4) is 0 Å². The molecule has 4 nitrogen and oxygen atoms in total. The van der Waals surface area contributed by atoms with Gasteiger partial charge in [0.05, 0.1) is 12.7 Å². The molecule has 106 valence electrons. The van der Waals surface area contributed by atoms with Crippen molar-refractivity contribution in [2.24, 2.45) is 5.41 Å². The molecule has 1 aliphatic carbocycles. The van der Waals surface area contributed by atoms with Gasteiger partial charge in [0.25, 0.3) is 0 Å². The summed E-state index contributed by atoms with van der Waals surface area (Å²) in [5.41, 5.74) is 0.0944. The van der Waals surface area contributed by atoms with Crippen LogP contribution < -0.4 is 5.32 Å². The molecule has 0 aromatic rings. The molecular formula is C14H27NO3. The molecule has 1 saturated heterocycles. The van der Waals surface area contributed by atoms with E-state index >= 15 is 0 Å². The molecule has 3 unspecified atom stereocenters. The first-order valence-electron chi connectivity index (χ1n) is 7.02. The molecule has 0 amide bonds. The van der Waals surface area contributed by atoms with E-state index in [1.165, 1.54) is 0 Å². The van der Waals surface area contributed by atoms with Crippen LogP contribution in [0.4, 0.5) is 0 Å². The highest BCUT2D eigenvalue weighted by molar-refractivity contribution is 5.04. The molecule has 0 radical (unpaired) electrons. The fourth-order valence-electron chi connectivity index (χ4n) is 2.99. The summed E-state index contributed by atoms with van der Waals surface area (Å²) in [6, 6.07) is 0.515. The van der Waals surface area contributed by atoms with Crippen molar-refractivity contribution in [1.82, 2.24) is 5.32 Å². The maximum Gasteiger partial charge on any atom is 0.106 e. The molecule has 3 atom stereocenters. The second kappa shape index (κ2) is 5.45. The van der Waals surface area contributed by atoms with E-state index < -0.39 is 0 Å². The largest absolute Gasteiger partial charge is 0.378 e. The van der Waals surface area contributed by atoms with Crippen LogP contribution in [0.2, 0.25) is 0 Å². The molecule has 1 saturated carbocycles. The fraction of sp³-hybridized carbons (Fsp3) is 1.00. The van der Waals surface area contributed by atoms with Crippen LogP contribution in [0.25, 0.3) is 0 Å². The Labute approximate surface area is 110 Å². The second-order valence-electron chi connectivity index (χ2n) is 6.12. The van der Waals surface area contributed by atoms with E-state index in [4.69, 9.17) is 14.2 Å². The zero-order chi connectivity index (χ0) is 13.2. The molecule has 0 aromatic heterocycles. The van der Waals surface area contributed by atoms with Gasteiger partial charge < -0.3 is 19.5 Å². The van der Waals surface area contributed by atoms with Gasteiger partial charge in [-0.3, -0.25) is 0 Å². The molecule has 1 heterocycles. The van der Waals surface area contributed by atoms with Crippen LogP contribution in [0.1, 0.15) is 33.6 Å². The average Bonchev–Trinajstić information content (AvgIpc) is 2.82. The van der Waals surface area contributed by atoms with Gasteiger partial charge in [0.15, 0.2) is 0 Å². The van der Waals surface area contributed by atoms with Crippen molar-refractivity contribution < 1.29 is 14.2 Å². The average molecular weight is 257 g/mol. The zero-order valence-corrected chi connectivity index (χ0v) is 12.1. The summed E-state index contributed by atoms with van der Waals surface area (Å²) in [6.07, 6.45) is 2.47. The van der Waals surface area contributed by atoms with Gasteiger partial charge in [-0.1, -0.05) is 13.8 Å². The Balaban J connectivity index is 1.81. The Kier molecular flexibility index (Phi) is 4.32. The standard InChI is InChI=1S/C14H27NO3/c1-5-18-12-8-11(13(12,2)3)15-9-14(16-4)6-7-17-10-14/h11-12,15H,5-10H2,1-4H3. The normalized spacial score (nSPS) is 38.7. The molecule has 2 rings (SSSR count). The highest BCUT2D eigenvalue weighted by Gasteiger charge is 2.49.